The number of rotatable bonds is 0. The Bertz CT molecular complexity index is 800. The van der Waals surface area contributed by atoms with E-state index in [1.54, 1.807) is 0 Å². The van der Waals surface area contributed by atoms with Crippen LogP contribution in [-0.2, 0) is 6.54 Å². The summed E-state index contributed by atoms with van der Waals surface area (Å²) in [5.41, 5.74) is 5.18. The number of nitrogens with zero attached hydrogens (tertiary/aromatic N) is 2. The molecule has 1 atom stereocenters. The van der Waals surface area contributed by atoms with E-state index in [-0.39, 0.29) is 6.04 Å². The van der Waals surface area contributed by atoms with Gasteiger partial charge in [0.1, 0.15) is 20.4 Å². The summed E-state index contributed by atoms with van der Waals surface area (Å²) < 4.78 is 6.90. The van der Waals surface area contributed by atoms with Gasteiger partial charge in [-0.3, -0.25) is 4.90 Å². The third kappa shape index (κ3) is 4.20. The van der Waals surface area contributed by atoms with Gasteiger partial charge in [0.2, 0.25) is 0 Å². The molecule has 3 rings (SSSR count). The molecule has 8 heteroatoms. The maximum absolute atomic E-state index is 11.3. The van der Waals surface area contributed by atoms with Gasteiger partial charge in [-0.05, 0) is 22.0 Å². The van der Waals surface area contributed by atoms with Crippen LogP contribution in [0.3, 0.4) is 0 Å². The number of amides is 1. The van der Waals surface area contributed by atoms with Crippen LogP contribution in [0.4, 0.5) is 4.79 Å². The van der Waals surface area contributed by atoms with Crippen LogP contribution in [-0.4, -0.2) is 61.4 Å². The van der Waals surface area contributed by atoms with Crippen molar-refractivity contribution in [2.75, 3.05) is 26.2 Å². The molecule has 0 spiro atoms. The number of halogens is 2. The molecule has 1 N–H and O–H groups in total. The summed E-state index contributed by atoms with van der Waals surface area (Å²) in [5, 5.41) is 9.88. The van der Waals surface area contributed by atoms with E-state index in [0.29, 0.717) is 37.8 Å². The second-order valence-electron chi connectivity index (χ2n) is 7.70. The van der Waals surface area contributed by atoms with Crippen LogP contribution < -0.4 is 4.74 Å². The minimum atomic E-state index is -1.55. The van der Waals surface area contributed by atoms with Crippen LogP contribution in [0.1, 0.15) is 11.1 Å². The third-order valence-corrected chi connectivity index (χ3v) is 6.71. The molecule has 5 nitrogen and oxygen atoms in total. The van der Waals surface area contributed by atoms with E-state index in [0.717, 1.165) is 21.3 Å². The Balaban J connectivity index is 1.97. The Kier molecular flexibility index (Phi) is 5.59. The molecule has 26 heavy (non-hydrogen) atoms. The number of carbonyl (C=O) groups is 1. The molecular formula is C18H22BrClN2O3Si. The van der Waals surface area contributed by atoms with Gasteiger partial charge < -0.3 is 14.7 Å². The normalized spacial score (nSPS) is 20.2. The number of fused-ring (bicyclic) bond motifs is 2. The smallest absolute Gasteiger partial charge is 0.407 e. The standard InChI is InChI=1S/C18H22BrClN2O3Si/c1-26(2,3)7-4-14-16(19)15(20)8-12-9-21-5-6-22(18(23)24)10-13(21)11-25-17(12)14/h8,13H,5-6,9-11H2,1-3H3,(H,23,24)/t13-/m1/s1. The maximum Gasteiger partial charge on any atom is 0.407 e. The molecule has 0 unspecified atom stereocenters. The topological polar surface area (TPSA) is 53.0 Å². The van der Waals surface area contributed by atoms with E-state index >= 15 is 0 Å². The SMILES string of the molecule is C[Si](C)(C)C#Cc1c(Br)c(Cl)cc2c1OC[C@H]1CN(C(=O)O)CCN1C2. The number of hydrogen-bond donors (Lipinski definition) is 1. The summed E-state index contributed by atoms with van der Waals surface area (Å²) in [7, 11) is -1.55. The molecule has 1 saturated heterocycles. The lowest BCUT2D eigenvalue weighted by molar-refractivity contribution is 0.0503. The van der Waals surface area contributed by atoms with E-state index in [1.165, 1.54) is 4.90 Å². The summed E-state index contributed by atoms with van der Waals surface area (Å²) in [6, 6.07) is 1.95. The van der Waals surface area contributed by atoms with Crippen LogP contribution >= 0.6 is 27.5 Å². The molecular weight excluding hydrogens is 436 g/mol. The minimum Gasteiger partial charge on any atom is -0.490 e. The van der Waals surface area contributed by atoms with Crippen molar-refractivity contribution in [3.63, 3.8) is 0 Å². The van der Waals surface area contributed by atoms with Crippen molar-refractivity contribution in [3.8, 4) is 17.2 Å². The first-order valence-electron chi connectivity index (χ1n) is 8.54. The molecule has 1 aromatic rings. The number of ether oxygens (including phenoxy) is 1. The van der Waals surface area contributed by atoms with E-state index in [4.69, 9.17) is 16.3 Å². The average molecular weight is 458 g/mol. The quantitative estimate of drug-likeness (QED) is 0.474. The zero-order chi connectivity index (χ0) is 19.1. The second-order valence-corrected chi connectivity index (χ2v) is 13.6. The lowest BCUT2D eigenvalue weighted by atomic mass is 10.1. The average Bonchev–Trinajstić information content (AvgIpc) is 2.72. The lowest BCUT2D eigenvalue weighted by Gasteiger charge is -2.38. The highest BCUT2D eigenvalue weighted by molar-refractivity contribution is 9.10. The van der Waals surface area contributed by atoms with Crippen molar-refractivity contribution < 1.29 is 14.6 Å². The molecule has 0 aromatic heterocycles. The molecule has 0 radical (unpaired) electrons. The van der Waals surface area contributed by atoms with E-state index in [9.17, 15) is 9.90 Å². The van der Waals surface area contributed by atoms with Crippen molar-refractivity contribution in [1.29, 1.82) is 0 Å². The predicted octanol–water partition coefficient (Wildman–Crippen LogP) is 3.89. The monoisotopic (exact) mass is 456 g/mol. The van der Waals surface area contributed by atoms with Crippen molar-refractivity contribution in [2.45, 2.75) is 32.2 Å². The van der Waals surface area contributed by atoms with Crippen LogP contribution in [0.5, 0.6) is 5.75 Å². The Morgan fingerprint density at radius 1 is 1.42 bits per heavy atom. The number of hydrogen-bond acceptors (Lipinski definition) is 3. The lowest BCUT2D eigenvalue weighted by Crippen LogP contribution is -2.55. The van der Waals surface area contributed by atoms with Gasteiger partial charge in [0.25, 0.3) is 0 Å². The van der Waals surface area contributed by atoms with Crippen molar-refractivity contribution >= 4 is 41.7 Å². The summed E-state index contributed by atoms with van der Waals surface area (Å²) >= 11 is 9.99. The van der Waals surface area contributed by atoms with Gasteiger partial charge >= 0.3 is 6.09 Å². The fraction of sp³-hybridized carbons (Fsp3) is 0.500. The molecule has 2 heterocycles. The van der Waals surface area contributed by atoms with E-state index < -0.39 is 14.2 Å². The van der Waals surface area contributed by atoms with Crippen LogP contribution in [0, 0.1) is 11.5 Å². The molecule has 0 saturated carbocycles. The van der Waals surface area contributed by atoms with Crippen molar-refractivity contribution in [2.24, 2.45) is 0 Å². The zero-order valence-corrected chi connectivity index (χ0v) is 18.4. The molecule has 0 aliphatic carbocycles. The summed E-state index contributed by atoms with van der Waals surface area (Å²) in [4.78, 5) is 15.0. The Morgan fingerprint density at radius 3 is 2.81 bits per heavy atom. The number of carboxylic acid groups (broad SMARTS) is 1. The first kappa shape index (κ1) is 19.6. The second kappa shape index (κ2) is 7.43. The predicted molar refractivity (Wildman–Crippen MR) is 109 cm³/mol. The highest BCUT2D eigenvalue weighted by Gasteiger charge is 2.33. The summed E-state index contributed by atoms with van der Waals surface area (Å²) in [5.74, 6) is 4.06. The van der Waals surface area contributed by atoms with Crippen molar-refractivity contribution in [1.82, 2.24) is 9.80 Å². The van der Waals surface area contributed by atoms with Gasteiger partial charge in [0.05, 0.1) is 21.1 Å². The first-order chi connectivity index (χ1) is 12.2. The maximum atomic E-state index is 11.3. The minimum absolute atomic E-state index is 0.0302. The Labute approximate surface area is 168 Å². The third-order valence-electron chi connectivity index (χ3n) is 4.48. The summed E-state index contributed by atoms with van der Waals surface area (Å²) in [6.07, 6.45) is -0.876. The molecule has 1 fully saturated rings. The molecule has 2 aliphatic rings. The van der Waals surface area contributed by atoms with E-state index in [1.807, 2.05) is 6.07 Å². The van der Waals surface area contributed by atoms with Gasteiger partial charge in [-0.25, -0.2) is 4.79 Å². The summed E-state index contributed by atoms with van der Waals surface area (Å²) in [6.45, 7) is 9.34. The Morgan fingerprint density at radius 2 is 2.15 bits per heavy atom. The molecule has 140 valence electrons. The first-order valence-corrected chi connectivity index (χ1v) is 13.2. The molecule has 2 aliphatic heterocycles. The van der Waals surface area contributed by atoms with Gasteiger partial charge in [-0.15, -0.1) is 5.54 Å². The van der Waals surface area contributed by atoms with Gasteiger partial charge in [0.15, 0.2) is 0 Å². The van der Waals surface area contributed by atoms with Crippen LogP contribution in [0.2, 0.25) is 24.7 Å². The Hall–Kier alpha value is -1.20. The van der Waals surface area contributed by atoms with E-state index in [2.05, 4.69) is 51.9 Å². The highest BCUT2D eigenvalue weighted by atomic mass is 79.9. The number of benzene rings is 1. The van der Waals surface area contributed by atoms with Gasteiger partial charge in [0, 0.05) is 31.7 Å². The highest BCUT2D eigenvalue weighted by Crippen LogP contribution is 2.39. The van der Waals surface area contributed by atoms with Gasteiger partial charge in [-0.1, -0.05) is 37.2 Å². The molecule has 1 aromatic carbocycles. The molecule has 1 amide bonds. The zero-order valence-electron chi connectivity index (χ0n) is 15.1. The van der Waals surface area contributed by atoms with Gasteiger partial charge in [-0.2, -0.15) is 0 Å². The fourth-order valence-electron chi connectivity index (χ4n) is 3.14. The van der Waals surface area contributed by atoms with Crippen LogP contribution in [0.25, 0.3) is 0 Å². The molecule has 0 bridgehead atoms. The number of piperazine rings is 1. The van der Waals surface area contributed by atoms with Crippen LogP contribution in [0.15, 0.2) is 10.5 Å². The fourth-order valence-corrected chi connectivity index (χ4v) is 4.26. The van der Waals surface area contributed by atoms with Crippen molar-refractivity contribution in [3.05, 3.63) is 26.7 Å². The largest absolute Gasteiger partial charge is 0.490 e.